The molecule has 2 rings (SSSR count). The number of sulfonamides is 1. The van der Waals surface area contributed by atoms with Gasteiger partial charge in [0.25, 0.3) is 0 Å². The van der Waals surface area contributed by atoms with Gasteiger partial charge in [0.2, 0.25) is 10.0 Å². The molecule has 21 heavy (non-hydrogen) atoms. The lowest BCUT2D eigenvalue weighted by molar-refractivity contribution is 0.296. The molecular formula is C13H17F3N2O2S. The van der Waals surface area contributed by atoms with E-state index in [1.165, 1.54) is 0 Å². The van der Waals surface area contributed by atoms with Crippen LogP contribution in [0.4, 0.5) is 13.2 Å². The normalized spacial score (nSPS) is 23.2. The summed E-state index contributed by atoms with van der Waals surface area (Å²) in [6.45, 7) is 0.313. The van der Waals surface area contributed by atoms with Crippen LogP contribution < -0.4 is 10.5 Å². The van der Waals surface area contributed by atoms with Crippen LogP contribution in [-0.2, 0) is 10.0 Å². The number of halogens is 3. The van der Waals surface area contributed by atoms with Gasteiger partial charge in [-0.05, 0) is 31.4 Å². The van der Waals surface area contributed by atoms with Gasteiger partial charge in [-0.1, -0.05) is 12.8 Å². The predicted molar refractivity (Wildman–Crippen MR) is 71.4 cm³/mol. The van der Waals surface area contributed by atoms with Gasteiger partial charge in [0.05, 0.1) is 0 Å². The minimum atomic E-state index is -4.26. The van der Waals surface area contributed by atoms with E-state index in [0.717, 1.165) is 19.3 Å². The molecule has 1 aliphatic carbocycles. The summed E-state index contributed by atoms with van der Waals surface area (Å²) in [5, 5.41) is 0. The minimum Gasteiger partial charge on any atom is -0.330 e. The first-order valence-electron chi connectivity index (χ1n) is 6.72. The van der Waals surface area contributed by atoms with Crippen molar-refractivity contribution in [2.45, 2.75) is 36.6 Å². The fraction of sp³-hybridized carbons (Fsp3) is 0.538. The van der Waals surface area contributed by atoms with Crippen LogP contribution in [-0.4, -0.2) is 21.0 Å². The Bertz CT molecular complexity index is 622. The number of benzene rings is 1. The fourth-order valence-electron chi connectivity index (χ4n) is 2.62. The molecule has 0 saturated heterocycles. The maximum atomic E-state index is 13.6. The topological polar surface area (TPSA) is 72.2 Å². The third-order valence-corrected chi connectivity index (χ3v) is 5.29. The van der Waals surface area contributed by atoms with Crippen LogP contribution in [0.3, 0.4) is 0 Å². The van der Waals surface area contributed by atoms with Gasteiger partial charge in [-0.2, -0.15) is 0 Å². The molecule has 0 spiro atoms. The van der Waals surface area contributed by atoms with Crippen molar-refractivity contribution < 1.29 is 21.6 Å². The van der Waals surface area contributed by atoms with Crippen molar-refractivity contribution in [1.29, 1.82) is 0 Å². The standard InChI is InChI=1S/C13H17F3N2O2S/c14-9-5-11(16)13(6-10(9)15)21(19,20)18-12-4-2-1-3-8(12)7-17/h5-6,8,12,18H,1-4,7,17H2. The van der Waals surface area contributed by atoms with Crippen LogP contribution in [0.15, 0.2) is 17.0 Å². The first-order chi connectivity index (χ1) is 9.85. The summed E-state index contributed by atoms with van der Waals surface area (Å²) in [5.41, 5.74) is 5.61. The molecule has 1 aromatic carbocycles. The molecule has 8 heteroatoms. The number of rotatable bonds is 4. The van der Waals surface area contributed by atoms with Crippen LogP contribution >= 0.6 is 0 Å². The van der Waals surface area contributed by atoms with E-state index < -0.39 is 38.4 Å². The highest BCUT2D eigenvalue weighted by Gasteiger charge is 2.30. The Labute approximate surface area is 121 Å². The molecule has 0 aliphatic heterocycles. The van der Waals surface area contributed by atoms with Crippen molar-refractivity contribution in [3.05, 3.63) is 29.6 Å². The zero-order chi connectivity index (χ0) is 15.6. The van der Waals surface area contributed by atoms with Gasteiger partial charge in [0.15, 0.2) is 11.6 Å². The van der Waals surface area contributed by atoms with E-state index in [0.29, 0.717) is 19.0 Å². The molecule has 0 amide bonds. The van der Waals surface area contributed by atoms with E-state index in [1.54, 1.807) is 0 Å². The first kappa shape index (κ1) is 16.3. The van der Waals surface area contributed by atoms with Crippen LogP contribution in [0.25, 0.3) is 0 Å². The van der Waals surface area contributed by atoms with E-state index in [-0.39, 0.29) is 12.0 Å². The second-order valence-electron chi connectivity index (χ2n) is 5.20. The Morgan fingerprint density at radius 3 is 2.38 bits per heavy atom. The molecule has 118 valence electrons. The number of hydrogen-bond donors (Lipinski definition) is 2. The predicted octanol–water partition coefficient (Wildman–Crippen LogP) is 1.90. The zero-order valence-electron chi connectivity index (χ0n) is 11.3. The lowest BCUT2D eigenvalue weighted by Gasteiger charge is -2.31. The molecule has 3 N–H and O–H groups in total. The van der Waals surface area contributed by atoms with Crippen molar-refractivity contribution in [3.63, 3.8) is 0 Å². The van der Waals surface area contributed by atoms with Crippen molar-refractivity contribution in [2.24, 2.45) is 11.7 Å². The number of nitrogens with two attached hydrogens (primary N) is 1. The highest BCUT2D eigenvalue weighted by Crippen LogP contribution is 2.26. The molecule has 0 radical (unpaired) electrons. The lowest BCUT2D eigenvalue weighted by atomic mass is 9.85. The monoisotopic (exact) mass is 322 g/mol. The van der Waals surface area contributed by atoms with Crippen molar-refractivity contribution in [3.8, 4) is 0 Å². The SMILES string of the molecule is NCC1CCCCC1NS(=O)(=O)c1cc(F)c(F)cc1F. The maximum absolute atomic E-state index is 13.6. The zero-order valence-corrected chi connectivity index (χ0v) is 12.1. The molecule has 0 aromatic heterocycles. The van der Waals surface area contributed by atoms with Gasteiger partial charge in [-0.3, -0.25) is 0 Å². The molecule has 2 unspecified atom stereocenters. The van der Waals surface area contributed by atoms with Crippen molar-refractivity contribution in [2.75, 3.05) is 6.54 Å². The average Bonchev–Trinajstić information content (AvgIpc) is 2.43. The summed E-state index contributed by atoms with van der Waals surface area (Å²) in [7, 11) is -4.26. The van der Waals surface area contributed by atoms with Gasteiger partial charge < -0.3 is 5.73 Å². The molecule has 4 nitrogen and oxygen atoms in total. The van der Waals surface area contributed by atoms with Gasteiger partial charge in [-0.25, -0.2) is 26.3 Å². The van der Waals surface area contributed by atoms with Gasteiger partial charge in [0, 0.05) is 12.1 Å². The molecule has 1 aliphatic rings. The maximum Gasteiger partial charge on any atom is 0.243 e. The van der Waals surface area contributed by atoms with Gasteiger partial charge >= 0.3 is 0 Å². The summed E-state index contributed by atoms with van der Waals surface area (Å²) < 4.78 is 66.3. The van der Waals surface area contributed by atoms with Gasteiger partial charge in [-0.15, -0.1) is 0 Å². The molecule has 2 atom stereocenters. The second-order valence-corrected chi connectivity index (χ2v) is 6.89. The molecule has 1 saturated carbocycles. The summed E-state index contributed by atoms with van der Waals surface area (Å²) in [6, 6.07) is 0.166. The quantitative estimate of drug-likeness (QED) is 0.832. The van der Waals surface area contributed by atoms with E-state index >= 15 is 0 Å². The van der Waals surface area contributed by atoms with E-state index in [2.05, 4.69) is 4.72 Å². The van der Waals surface area contributed by atoms with Crippen LogP contribution in [0.5, 0.6) is 0 Å². The highest BCUT2D eigenvalue weighted by atomic mass is 32.2. The third-order valence-electron chi connectivity index (χ3n) is 3.78. The van der Waals surface area contributed by atoms with Crippen molar-refractivity contribution >= 4 is 10.0 Å². The third kappa shape index (κ3) is 3.56. The summed E-state index contributed by atoms with van der Waals surface area (Å²) in [6.07, 6.45) is 3.17. The molecule has 1 aromatic rings. The molecule has 0 heterocycles. The molecule has 1 fully saturated rings. The summed E-state index contributed by atoms with van der Waals surface area (Å²) >= 11 is 0. The van der Waals surface area contributed by atoms with Crippen molar-refractivity contribution in [1.82, 2.24) is 4.72 Å². The lowest BCUT2D eigenvalue weighted by Crippen LogP contribution is -2.44. The molecule has 0 bridgehead atoms. The Morgan fingerprint density at radius 2 is 1.71 bits per heavy atom. The summed E-state index contributed by atoms with van der Waals surface area (Å²) in [5.74, 6) is -4.19. The largest absolute Gasteiger partial charge is 0.330 e. The molecular weight excluding hydrogens is 305 g/mol. The highest BCUT2D eigenvalue weighted by molar-refractivity contribution is 7.89. The average molecular weight is 322 g/mol. The smallest absolute Gasteiger partial charge is 0.243 e. The van der Waals surface area contributed by atoms with E-state index in [1.807, 2.05) is 0 Å². The van der Waals surface area contributed by atoms with Crippen LogP contribution in [0.1, 0.15) is 25.7 Å². The number of hydrogen-bond acceptors (Lipinski definition) is 3. The fourth-order valence-corrected chi connectivity index (χ4v) is 4.03. The Morgan fingerprint density at radius 1 is 1.10 bits per heavy atom. The van der Waals surface area contributed by atoms with Crippen LogP contribution in [0.2, 0.25) is 0 Å². The van der Waals surface area contributed by atoms with Crippen LogP contribution in [0, 0.1) is 23.4 Å². The summed E-state index contributed by atoms with van der Waals surface area (Å²) in [4.78, 5) is -0.886. The first-order valence-corrected chi connectivity index (χ1v) is 8.20. The van der Waals surface area contributed by atoms with E-state index in [4.69, 9.17) is 5.73 Å². The number of nitrogens with one attached hydrogen (secondary N) is 1. The second kappa shape index (κ2) is 6.33. The van der Waals surface area contributed by atoms with Gasteiger partial charge in [0.1, 0.15) is 10.7 Å². The Hall–Kier alpha value is -1.12. The van der Waals surface area contributed by atoms with E-state index in [9.17, 15) is 21.6 Å². The Balaban J connectivity index is 2.28. The minimum absolute atomic E-state index is 0.0399. The Kier molecular flexibility index (Phi) is 4.90.